The van der Waals surface area contributed by atoms with Gasteiger partial charge in [-0.05, 0) is 56.4 Å². The number of carboxylic acids is 1. The number of carboxylic acid groups (broad SMARTS) is 1. The number of aromatic carboxylic acids is 1. The fourth-order valence-electron chi connectivity index (χ4n) is 2.76. The van der Waals surface area contributed by atoms with Gasteiger partial charge in [0.1, 0.15) is 0 Å². The van der Waals surface area contributed by atoms with Gasteiger partial charge in [0.2, 0.25) is 0 Å². The van der Waals surface area contributed by atoms with Gasteiger partial charge in [-0.2, -0.15) is 0 Å². The van der Waals surface area contributed by atoms with E-state index in [1.54, 1.807) is 18.2 Å². The Morgan fingerprint density at radius 1 is 0.958 bits per heavy atom. The molecule has 24 heavy (non-hydrogen) atoms. The SMILES string of the molecule is CC1(C)OB(c2ccccc2-c2cccc(C(=O)O)c2)OC1(C)C. The van der Waals surface area contributed by atoms with Gasteiger partial charge in [-0.3, -0.25) is 0 Å². The van der Waals surface area contributed by atoms with Crippen molar-refractivity contribution >= 4 is 18.6 Å². The summed E-state index contributed by atoms with van der Waals surface area (Å²) in [5, 5.41) is 9.22. The molecule has 0 radical (unpaired) electrons. The highest BCUT2D eigenvalue weighted by Gasteiger charge is 2.52. The van der Waals surface area contributed by atoms with E-state index in [0.29, 0.717) is 0 Å². The molecule has 1 aliphatic rings. The van der Waals surface area contributed by atoms with E-state index in [0.717, 1.165) is 16.6 Å². The molecule has 1 saturated heterocycles. The van der Waals surface area contributed by atoms with Gasteiger partial charge in [-0.15, -0.1) is 0 Å². The summed E-state index contributed by atoms with van der Waals surface area (Å²) in [5.41, 5.74) is 2.07. The van der Waals surface area contributed by atoms with Gasteiger partial charge in [0.05, 0.1) is 16.8 Å². The van der Waals surface area contributed by atoms with Crippen molar-refractivity contribution in [1.82, 2.24) is 0 Å². The molecule has 0 amide bonds. The van der Waals surface area contributed by atoms with Crippen molar-refractivity contribution in [3.8, 4) is 11.1 Å². The van der Waals surface area contributed by atoms with Gasteiger partial charge >= 0.3 is 13.1 Å². The van der Waals surface area contributed by atoms with Crippen molar-refractivity contribution in [3.63, 3.8) is 0 Å². The van der Waals surface area contributed by atoms with Crippen LogP contribution in [0.15, 0.2) is 48.5 Å². The summed E-state index contributed by atoms with van der Waals surface area (Å²) in [6.07, 6.45) is 0. The van der Waals surface area contributed by atoms with Crippen LogP contribution in [-0.2, 0) is 9.31 Å². The fraction of sp³-hybridized carbons (Fsp3) is 0.316. The van der Waals surface area contributed by atoms with Crippen LogP contribution in [0.2, 0.25) is 0 Å². The van der Waals surface area contributed by atoms with Crippen LogP contribution in [0.5, 0.6) is 0 Å². The molecule has 4 nitrogen and oxygen atoms in total. The molecule has 3 rings (SSSR count). The van der Waals surface area contributed by atoms with Crippen LogP contribution < -0.4 is 5.46 Å². The standard InChI is InChI=1S/C19H21BO4/c1-18(2)19(3,4)24-20(23-18)16-11-6-5-10-15(16)13-8-7-9-14(12-13)17(21)22/h5-12H,1-4H3,(H,21,22). The molecule has 0 aromatic heterocycles. The van der Waals surface area contributed by atoms with E-state index < -0.39 is 24.3 Å². The monoisotopic (exact) mass is 324 g/mol. The summed E-state index contributed by atoms with van der Waals surface area (Å²) in [7, 11) is -0.486. The van der Waals surface area contributed by atoms with Crippen LogP contribution in [-0.4, -0.2) is 29.4 Å². The second kappa shape index (κ2) is 5.76. The smallest absolute Gasteiger partial charge is 0.478 e. The zero-order valence-corrected chi connectivity index (χ0v) is 14.4. The average Bonchev–Trinajstić information content (AvgIpc) is 2.75. The molecule has 1 fully saturated rings. The maximum atomic E-state index is 11.2. The molecule has 0 aliphatic carbocycles. The Kier molecular flexibility index (Phi) is 4.02. The van der Waals surface area contributed by atoms with Gasteiger partial charge in [-0.25, -0.2) is 4.79 Å². The summed E-state index contributed by atoms with van der Waals surface area (Å²) in [6.45, 7) is 8.06. The minimum Gasteiger partial charge on any atom is -0.478 e. The highest BCUT2D eigenvalue weighted by Crippen LogP contribution is 2.37. The maximum Gasteiger partial charge on any atom is 0.495 e. The Morgan fingerprint density at radius 2 is 1.58 bits per heavy atom. The van der Waals surface area contributed by atoms with E-state index >= 15 is 0 Å². The summed E-state index contributed by atoms with van der Waals surface area (Å²) in [6, 6.07) is 14.7. The van der Waals surface area contributed by atoms with Crippen LogP contribution in [0.3, 0.4) is 0 Å². The molecule has 0 saturated carbocycles. The van der Waals surface area contributed by atoms with Gasteiger partial charge in [0, 0.05) is 0 Å². The van der Waals surface area contributed by atoms with Crippen LogP contribution in [0.25, 0.3) is 11.1 Å². The summed E-state index contributed by atoms with van der Waals surface area (Å²) < 4.78 is 12.3. The molecular formula is C19H21BO4. The zero-order valence-electron chi connectivity index (χ0n) is 14.4. The molecule has 0 spiro atoms. The first-order valence-corrected chi connectivity index (χ1v) is 7.99. The van der Waals surface area contributed by atoms with E-state index in [2.05, 4.69) is 0 Å². The van der Waals surface area contributed by atoms with E-state index in [1.165, 1.54) is 0 Å². The van der Waals surface area contributed by atoms with Crippen molar-refractivity contribution < 1.29 is 19.2 Å². The van der Waals surface area contributed by atoms with Crippen LogP contribution in [0.4, 0.5) is 0 Å². The Morgan fingerprint density at radius 3 is 2.21 bits per heavy atom. The first-order valence-electron chi connectivity index (χ1n) is 7.99. The second-order valence-corrected chi connectivity index (χ2v) is 7.06. The predicted molar refractivity (Wildman–Crippen MR) is 94.6 cm³/mol. The third kappa shape index (κ3) is 2.85. The van der Waals surface area contributed by atoms with Gasteiger partial charge in [0.25, 0.3) is 0 Å². The lowest BCUT2D eigenvalue weighted by atomic mass is 9.74. The van der Waals surface area contributed by atoms with Crippen molar-refractivity contribution in [1.29, 1.82) is 0 Å². The Bertz CT molecular complexity index is 766. The maximum absolute atomic E-state index is 11.2. The van der Waals surface area contributed by atoms with Crippen LogP contribution >= 0.6 is 0 Å². The molecule has 1 heterocycles. The van der Waals surface area contributed by atoms with E-state index in [-0.39, 0.29) is 5.56 Å². The van der Waals surface area contributed by atoms with E-state index in [1.807, 2.05) is 58.0 Å². The van der Waals surface area contributed by atoms with E-state index in [9.17, 15) is 9.90 Å². The predicted octanol–water partition coefficient (Wildman–Crippen LogP) is 3.35. The van der Waals surface area contributed by atoms with Gasteiger partial charge < -0.3 is 14.4 Å². The minimum atomic E-state index is -0.940. The van der Waals surface area contributed by atoms with Crippen molar-refractivity contribution in [2.45, 2.75) is 38.9 Å². The molecule has 0 bridgehead atoms. The largest absolute Gasteiger partial charge is 0.495 e. The summed E-state index contributed by atoms with van der Waals surface area (Å²) >= 11 is 0. The topological polar surface area (TPSA) is 55.8 Å². The molecule has 0 unspecified atom stereocenters. The Hall–Kier alpha value is -2.11. The lowest BCUT2D eigenvalue weighted by molar-refractivity contribution is 0.00578. The average molecular weight is 324 g/mol. The van der Waals surface area contributed by atoms with Crippen LogP contribution in [0.1, 0.15) is 38.1 Å². The second-order valence-electron chi connectivity index (χ2n) is 7.06. The van der Waals surface area contributed by atoms with Crippen LogP contribution in [0, 0.1) is 0 Å². The quantitative estimate of drug-likeness (QED) is 0.880. The molecule has 1 aliphatic heterocycles. The molecule has 124 valence electrons. The Balaban J connectivity index is 2.04. The van der Waals surface area contributed by atoms with Gasteiger partial charge in [-0.1, -0.05) is 36.4 Å². The van der Waals surface area contributed by atoms with Crippen molar-refractivity contribution in [2.24, 2.45) is 0 Å². The lowest BCUT2D eigenvalue weighted by Crippen LogP contribution is -2.41. The molecule has 5 heteroatoms. The minimum absolute atomic E-state index is 0.260. The number of rotatable bonds is 3. The molecule has 2 aromatic rings. The Labute approximate surface area is 142 Å². The molecule has 1 N–H and O–H groups in total. The fourth-order valence-corrected chi connectivity index (χ4v) is 2.76. The van der Waals surface area contributed by atoms with Crippen molar-refractivity contribution in [2.75, 3.05) is 0 Å². The molecule has 0 atom stereocenters. The molecule has 2 aromatic carbocycles. The highest BCUT2D eigenvalue weighted by atomic mass is 16.7. The normalized spacial score (nSPS) is 18.6. The summed E-state index contributed by atoms with van der Waals surface area (Å²) in [4.78, 5) is 11.2. The van der Waals surface area contributed by atoms with E-state index in [4.69, 9.17) is 9.31 Å². The zero-order chi connectivity index (χ0) is 17.5. The van der Waals surface area contributed by atoms with Crippen molar-refractivity contribution in [3.05, 3.63) is 54.1 Å². The first-order chi connectivity index (χ1) is 11.2. The first kappa shape index (κ1) is 16.7. The number of hydrogen-bond acceptors (Lipinski definition) is 3. The number of carbonyl (C=O) groups is 1. The van der Waals surface area contributed by atoms with Gasteiger partial charge in [0.15, 0.2) is 0 Å². The third-order valence-electron chi connectivity index (χ3n) is 4.89. The highest BCUT2D eigenvalue weighted by molar-refractivity contribution is 6.63. The third-order valence-corrected chi connectivity index (χ3v) is 4.89. The molecular weight excluding hydrogens is 303 g/mol. The number of benzene rings is 2. The number of hydrogen-bond donors (Lipinski definition) is 1. The lowest BCUT2D eigenvalue weighted by Gasteiger charge is -2.32. The summed E-state index contributed by atoms with van der Waals surface area (Å²) in [5.74, 6) is -0.940.